The number of hydrogen-bond donors (Lipinski definition) is 2. The minimum absolute atomic E-state index is 0.00354. The van der Waals surface area contributed by atoms with Crippen molar-refractivity contribution in [1.29, 1.82) is 0 Å². The van der Waals surface area contributed by atoms with Crippen LogP contribution in [0, 0.1) is 17.6 Å². The van der Waals surface area contributed by atoms with Gasteiger partial charge in [-0.25, -0.2) is 8.78 Å². The molecule has 11 heteroatoms. The van der Waals surface area contributed by atoms with Gasteiger partial charge < -0.3 is 15.2 Å². The average molecular weight is 537 g/mol. The van der Waals surface area contributed by atoms with Crippen molar-refractivity contribution in [2.45, 2.75) is 62.6 Å². The predicted molar refractivity (Wildman–Crippen MR) is 136 cm³/mol. The summed E-state index contributed by atoms with van der Waals surface area (Å²) >= 11 is 0. The summed E-state index contributed by atoms with van der Waals surface area (Å²) in [4.78, 5) is 37.8. The van der Waals surface area contributed by atoms with Crippen LogP contribution in [0.5, 0.6) is 0 Å². The summed E-state index contributed by atoms with van der Waals surface area (Å²) in [5.74, 6) is -2.62. The molecular weight excluding hydrogens is 506 g/mol. The number of nitrogens with zero attached hydrogens (tertiary/aromatic N) is 4. The van der Waals surface area contributed by atoms with Crippen LogP contribution in [0.4, 0.5) is 8.78 Å². The highest BCUT2D eigenvalue weighted by molar-refractivity contribution is 5.94. The third-order valence-corrected chi connectivity index (χ3v) is 8.24. The molecule has 3 heterocycles. The standard InChI is InChI=1S/C28H30F2N6O3/c29-17-5-6-19(21(30)13-17)24-14-23(35-39-24)27(38)33-22-7-12-36(18-3-1-2-4-18)16-20(22)26(37)34-28(8-9-28)25-15-31-10-11-32-25/h5-6,10-11,13-15,18,20,22H,1-4,7-9,12,16H2,(H,33,38)(H,34,37)/t20-,22-/m0/s1. The number of carbonyl (C=O) groups excluding carboxylic acids is 2. The maximum Gasteiger partial charge on any atom is 0.273 e. The number of hydrogen-bond acceptors (Lipinski definition) is 7. The highest BCUT2D eigenvalue weighted by atomic mass is 19.1. The number of likely N-dealkylation sites (tertiary alicyclic amines) is 1. The van der Waals surface area contributed by atoms with Crippen molar-refractivity contribution in [3.63, 3.8) is 0 Å². The number of rotatable bonds is 7. The molecular formula is C28H30F2N6O3. The first-order valence-electron chi connectivity index (χ1n) is 13.5. The van der Waals surface area contributed by atoms with Crippen LogP contribution in [0.15, 0.2) is 47.4 Å². The minimum atomic E-state index is -0.814. The fourth-order valence-corrected chi connectivity index (χ4v) is 5.90. The molecule has 0 radical (unpaired) electrons. The molecule has 9 nitrogen and oxygen atoms in total. The largest absolute Gasteiger partial charge is 0.355 e. The number of nitrogens with one attached hydrogen (secondary N) is 2. The highest BCUT2D eigenvalue weighted by Crippen LogP contribution is 2.44. The molecule has 1 saturated heterocycles. The summed E-state index contributed by atoms with van der Waals surface area (Å²) in [7, 11) is 0. The molecule has 0 spiro atoms. The molecule has 3 fully saturated rings. The second-order valence-electron chi connectivity index (χ2n) is 10.8. The molecule has 2 aromatic heterocycles. The van der Waals surface area contributed by atoms with E-state index in [9.17, 15) is 18.4 Å². The van der Waals surface area contributed by atoms with E-state index in [2.05, 4.69) is 30.7 Å². The van der Waals surface area contributed by atoms with Crippen LogP contribution in [-0.2, 0) is 10.3 Å². The van der Waals surface area contributed by atoms with E-state index in [1.54, 1.807) is 18.6 Å². The Morgan fingerprint density at radius 3 is 2.62 bits per heavy atom. The van der Waals surface area contributed by atoms with Gasteiger partial charge in [-0.05, 0) is 44.2 Å². The Balaban J connectivity index is 1.19. The molecule has 39 heavy (non-hydrogen) atoms. The van der Waals surface area contributed by atoms with Crippen LogP contribution in [0.3, 0.4) is 0 Å². The Kier molecular flexibility index (Phi) is 6.84. The van der Waals surface area contributed by atoms with E-state index in [1.165, 1.54) is 25.0 Å². The zero-order chi connectivity index (χ0) is 27.0. The first-order chi connectivity index (χ1) is 18.9. The van der Waals surface area contributed by atoms with Crippen LogP contribution in [0.1, 0.15) is 61.1 Å². The fraction of sp³-hybridized carbons (Fsp3) is 0.464. The quantitative estimate of drug-likeness (QED) is 0.475. The number of halogens is 2. The lowest BCUT2D eigenvalue weighted by atomic mass is 9.89. The normalized spacial score (nSPS) is 22.9. The van der Waals surface area contributed by atoms with Gasteiger partial charge in [0.15, 0.2) is 11.5 Å². The van der Waals surface area contributed by atoms with Crippen molar-refractivity contribution in [2.75, 3.05) is 13.1 Å². The van der Waals surface area contributed by atoms with Crippen molar-refractivity contribution in [3.8, 4) is 11.3 Å². The maximum atomic E-state index is 14.2. The first-order valence-corrected chi connectivity index (χ1v) is 13.5. The Hall–Kier alpha value is -3.73. The van der Waals surface area contributed by atoms with Crippen LogP contribution in [-0.4, -0.2) is 57.0 Å². The van der Waals surface area contributed by atoms with Gasteiger partial charge in [0.05, 0.1) is 28.9 Å². The van der Waals surface area contributed by atoms with Crippen molar-refractivity contribution >= 4 is 11.8 Å². The molecule has 2 atom stereocenters. The van der Waals surface area contributed by atoms with E-state index in [4.69, 9.17) is 4.52 Å². The summed E-state index contributed by atoms with van der Waals surface area (Å²) in [5, 5.41) is 10.0. The van der Waals surface area contributed by atoms with Gasteiger partial charge in [0.1, 0.15) is 11.6 Å². The fourth-order valence-electron chi connectivity index (χ4n) is 5.90. The Morgan fingerprint density at radius 2 is 1.90 bits per heavy atom. The van der Waals surface area contributed by atoms with Gasteiger partial charge in [-0.1, -0.05) is 18.0 Å². The third kappa shape index (κ3) is 5.27. The summed E-state index contributed by atoms with van der Waals surface area (Å²) in [6.45, 7) is 1.32. The number of aromatic nitrogens is 3. The molecule has 1 aromatic carbocycles. The molecule has 0 bridgehead atoms. The first kappa shape index (κ1) is 25.5. The van der Waals surface area contributed by atoms with E-state index in [0.717, 1.165) is 50.1 Å². The van der Waals surface area contributed by atoms with Gasteiger partial charge in [0, 0.05) is 49.7 Å². The molecule has 1 aliphatic heterocycles. The third-order valence-electron chi connectivity index (χ3n) is 8.24. The van der Waals surface area contributed by atoms with E-state index in [0.29, 0.717) is 19.0 Å². The Morgan fingerprint density at radius 1 is 1.08 bits per heavy atom. The van der Waals surface area contributed by atoms with E-state index in [-0.39, 0.29) is 22.9 Å². The zero-order valence-corrected chi connectivity index (χ0v) is 21.4. The van der Waals surface area contributed by atoms with Crippen LogP contribution >= 0.6 is 0 Å². The minimum Gasteiger partial charge on any atom is -0.355 e. The molecule has 3 aliphatic rings. The van der Waals surface area contributed by atoms with Gasteiger partial charge in [-0.3, -0.25) is 24.5 Å². The van der Waals surface area contributed by atoms with Gasteiger partial charge in [0.2, 0.25) is 5.91 Å². The zero-order valence-electron chi connectivity index (χ0n) is 21.4. The lowest BCUT2D eigenvalue weighted by Crippen LogP contribution is -2.58. The van der Waals surface area contributed by atoms with Crippen LogP contribution in [0.2, 0.25) is 0 Å². The second kappa shape index (κ2) is 10.4. The number of amides is 2. The summed E-state index contributed by atoms with van der Waals surface area (Å²) in [6.07, 6.45) is 11.7. The topological polar surface area (TPSA) is 113 Å². The lowest BCUT2D eigenvalue weighted by Gasteiger charge is -2.41. The Bertz CT molecular complexity index is 1360. The van der Waals surface area contributed by atoms with Crippen LogP contribution in [0.25, 0.3) is 11.3 Å². The summed E-state index contributed by atoms with van der Waals surface area (Å²) in [5.41, 5.74) is 0.189. The number of carbonyl (C=O) groups is 2. The van der Waals surface area contributed by atoms with Gasteiger partial charge in [0.25, 0.3) is 5.91 Å². The second-order valence-corrected chi connectivity index (χ2v) is 10.8. The average Bonchev–Trinajstić information content (AvgIpc) is 3.31. The lowest BCUT2D eigenvalue weighted by molar-refractivity contribution is -0.129. The smallest absolute Gasteiger partial charge is 0.273 e. The van der Waals surface area contributed by atoms with E-state index in [1.807, 2.05) is 0 Å². The molecule has 2 saturated carbocycles. The monoisotopic (exact) mass is 536 g/mol. The van der Waals surface area contributed by atoms with Crippen molar-refractivity contribution in [3.05, 3.63) is 65.9 Å². The molecule has 204 valence electrons. The molecule has 0 unspecified atom stereocenters. The van der Waals surface area contributed by atoms with Gasteiger partial charge >= 0.3 is 0 Å². The maximum absolute atomic E-state index is 14.2. The summed E-state index contributed by atoms with van der Waals surface area (Å²) in [6, 6.07) is 4.44. The van der Waals surface area contributed by atoms with Crippen molar-refractivity contribution in [1.82, 2.24) is 30.7 Å². The molecule has 2 amide bonds. The van der Waals surface area contributed by atoms with E-state index >= 15 is 0 Å². The number of benzene rings is 1. The predicted octanol–water partition coefficient (Wildman–Crippen LogP) is 3.58. The van der Waals surface area contributed by atoms with Gasteiger partial charge in [-0.2, -0.15) is 0 Å². The highest BCUT2D eigenvalue weighted by Gasteiger charge is 2.49. The molecule has 3 aromatic rings. The molecule has 6 rings (SSSR count). The number of piperidine rings is 1. The van der Waals surface area contributed by atoms with Crippen LogP contribution < -0.4 is 10.6 Å². The molecule has 2 N–H and O–H groups in total. The molecule has 2 aliphatic carbocycles. The van der Waals surface area contributed by atoms with Crippen molar-refractivity contribution in [2.24, 2.45) is 5.92 Å². The van der Waals surface area contributed by atoms with E-state index < -0.39 is 35.0 Å². The van der Waals surface area contributed by atoms with Crippen molar-refractivity contribution < 1.29 is 22.9 Å². The SMILES string of the molecule is O=C(N[C@H]1CCN(C2CCCC2)C[C@@H]1C(=O)NC1(c2cnccn2)CC1)c1cc(-c2ccc(F)cc2F)on1. The van der Waals surface area contributed by atoms with Gasteiger partial charge in [-0.15, -0.1) is 0 Å². The summed E-state index contributed by atoms with van der Waals surface area (Å²) < 4.78 is 32.7. The Labute approximate surface area is 224 Å².